The SMILES string of the molecule is O=[N+]([O-])c1ccc(Oc2ccc(Br)cc2)c(Br)c1. The van der Waals surface area contributed by atoms with E-state index in [2.05, 4.69) is 31.9 Å². The highest BCUT2D eigenvalue weighted by Crippen LogP contribution is 2.32. The Morgan fingerprint density at radius 3 is 2.28 bits per heavy atom. The number of non-ortho nitro benzene ring substituents is 1. The first-order chi connectivity index (χ1) is 8.56. The van der Waals surface area contributed by atoms with Crippen LogP contribution in [0.15, 0.2) is 51.4 Å². The van der Waals surface area contributed by atoms with Gasteiger partial charge in [0, 0.05) is 16.6 Å². The molecule has 0 aliphatic carbocycles. The van der Waals surface area contributed by atoms with Crippen LogP contribution >= 0.6 is 31.9 Å². The van der Waals surface area contributed by atoms with Gasteiger partial charge >= 0.3 is 0 Å². The number of hydrogen-bond acceptors (Lipinski definition) is 3. The van der Waals surface area contributed by atoms with E-state index in [4.69, 9.17) is 4.74 Å². The second-order valence-corrected chi connectivity index (χ2v) is 5.20. The summed E-state index contributed by atoms with van der Waals surface area (Å²) in [6, 6.07) is 11.7. The van der Waals surface area contributed by atoms with Crippen molar-refractivity contribution in [3.05, 3.63) is 61.5 Å². The van der Waals surface area contributed by atoms with Gasteiger partial charge in [0.2, 0.25) is 0 Å². The van der Waals surface area contributed by atoms with Crippen molar-refractivity contribution in [2.24, 2.45) is 0 Å². The fourth-order valence-corrected chi connectivity index (χ4v) is 2.03. The van der Waals surface area contributed by atoms with Crippen molar-refractivity contribution in [1.82, 2.24) is 0 Å². The van der Waals surface area contributed by atoms with Crippen LogP contribution in [0.2, 0.25) is 0 Å². The quantitative estimate of drug-likeness (QED) is 0.568. The number of benzene rings is 2. The lowest BCUT2D eigenvalue weighted by molar-refractivity contribution is -0.384. The van der Waals surface area contributed by atoms with Crippen LogP contribution in [0, 0.1) is 10.1 Å². The van der Waals surface area contributed by atoms with Crippen molar-refractivity contribution in [3.63, 3.8) is 0 Å². The molecule has 0 N–H and O–H groups in total. The fraction of sp³-hybridized carbons (Fsp3) is 0. The third-order valence-corrected chi connectivity index (χ3v) is 3.32. The summed E-state index contributed by atoms with van der Waals surface area (Å²) in [5, 5.41) is 10.6. The molecule has 0 radical (unpaired) electrons. The van der Waals surface area contributed by atoms with Crippen molar-refractivity contribution in [1.29, 1.82) is 0 Å². The number of rotatable bonds is 3. The molecule has 0 aromatic heterocycles. The molecule has 0 atom stereocenters. The molecule has 0 heterocycles. The van der Waals surface area contributed by atoms with Gasteiger partial charge < -0.3 is 4.74 Å². The molecule has 2 aromatic rings. The van der Waals surface area contributed by atoms with E-state index >= 15 is 0 Å². The highest BCUT2D eigenvalue weighted by molar-refractivity contribution is 9.10. The monoisotopic (exact) mass is 371 g/mol. The van der Waals surface area contributed by atoms with Crippen LogP contribution in [0.1, 0.15) is 0 Å². The number of ether oxygens (including phenoxy) is 1. The van der Waals surface area contributed by atoms with Gasteiger partial charge in [-0.1, -0.05) is 15.9 Å². The highest BCUT2D eigenvalue weighted by Gasteiger charge is 2.10. The molecule has 0 aliphatic heterocycles. The third kappa shape index (κ3) is 3.08. The van der Waals surface area contributed by atoms with Crippen LogP contribution < -0.4 is 4.74 Å². The lowest BCUT2D eigenvalue weighted by atomic mass is 10.3. The maximum Gasteiger partial charge on any atom is 0.270 e. The number of halogens is 2. The van der Waals surface area contributed by atoms with Crippen LogP contribution in [0.5, 0.6) is 11.5 Å². The molecule has 0 saturated carbocycles. The van der Waals surface area contributed by atoms with E-state index < -0.39 is 4.92 Å². The lowest BCUT2D eigenvalue weighted by Crippen LogP contribution is -1.90. The third-order valence-electron chi connectivity index (χ3n) is 2.17. The molecular formula is C12H7Br2NO3. The van der Waals surface area contributed by atoms with Gasteiger partial charge in [0.1, 0.15) is 11.5 Å². The minimum atomic E-state index is -0.450. The van der Waals surface area contributed by atoms with E-state index in [0.717, 1.165) is 4.47 Å². The van der Waals surface area contributed by atoms with E-state index in [1.165, 1.54) is 12.1 Å². The summed E-state index contributed by atoms with van der Waals surface area (Å²) in [5.41, 5.74) is 0.0185. The second-order valence-electron chi connectivity index (χ2n) is 3.43. The van der Waals surface area contributed by atoms with Gasteiger partial charge in [-0.3, -0.25) is 10.1 Å². The largest absolute Gasteiger partial charge is 0.456 e. The Bertz CT molecular complexity index is 584. The zero-order chi connectivity index (χ0) is 13.1. The lowest BCUT2D eigenvalue weighted by Gasteiger charge is -2.07. The van der Waals surface area contributed by atoms with Crippen molar-refractivity contribution >= 4 is 37.5 Å². The van der Waals surface area contributed by atoms with Gasteiger partial charge in [-0.15, -0.1) is 0 Å². The standard InChI is InChI=1S/C12H7Br2NO3/c13-8-1-4-10(5-2-8)18-12-6-3-9(15(16)17)7-11(12)14/h1-7H. The first kappa shape index (κ1) is 13.0. The van der Waals surface area contributed by atoms with Gasteiger partial charge in [-0.25, -0.2) is 0 Å². The summed E-state index contributed by atoms with van der Waals surface area (Å²) in [4.78, 5) is 10.1. The summed E-state index contributed by atoms with van der Waals surface area (Å²) < 4.78 is 7.11. The average Bonchev–Trinajstić information content (AvgIpc) is 2.34. The van der Waals surface area contributed by atoms with E-state index in [9.17, 15) is 10.1 Å². The maximum atomic E-state index is 10.6. The van der Waals surface area contributed by atoms with Gasteiger partial charge in [-0.2, -0.15) is 0 Å². The van der Waals surface area contributed by atoms with Gasteiger partial charge in [0.15, 0.2) is 0 Å². The summed E-state index contributed by atoms with van der Waals surface area (Å²) >= 11 is 6.58. The molecule has 0 fully saturated rings. The Morgan fingerprint density at radius 2 is 1.72 bits per heavy atom. The molecule has 18 heavy (non-hydrogen) atoms. The van der Waals surface area contributed by atoms with Gasteiger partial charge in [0.25, 0.3) is 5.69 Å². The van der Waals surface area contributed by atoms with E-state index in [-0.39, 0.29) is 5.69 Å². The molecule has 2 rings (SSSR count). The summed E-state index contributed by atoms with van der Waals surface area (Å²) in [6.07, 6.45) is 0. The van der Waals surface area contributed by atoms with Crippen molar-refractivity contribution in [2.45, 2.75) is 0 Å². The van der Waals surface area contributed by atoms with Crippen LogP contribution in [-0.4, -0.2) is 4.92 Å². The summed E-state index contributed by atoms with van der Waals surface area (Å²) in [7, 11) is 0. The fourth-order valence-electron chi connectivity index (χ4n) is 1.32. The Labute approximate surface area is 120 Å². The van der Waals surface area contributed by atoms with Crippen LogP contribution in [-0.2, 0) is 0 Å². The van der Waals surface area contributed by atoms with E-state index in [1.54, 1.807) is 18.2 Å². The Balaban J connectivity index is 2.24. The van der Waals surface area contributed by atoms with Crippen LogP contribution in [0.4, 0.5) is 5.69 Å². The first-order valence-corrected chi connectivity index (χ1v) is 6.52. The number of nitrogens with zero attached hydrogens (tertiary/aromatic N) is 1. The van der Waals surface area contributed by atoms with Crippen LogP contribution in [0.25, 0.3) is 0 Å². The topological polar surface area (TPSA) is 52.4 Å². The van der Waals surface area contributed by atoms with Crippen molar-refractivity contribution in [2.75, 3.05) is 0 Å². The molecule has 0 bridgehead atoms. The molecule has 0 amide bonds. The predicted octanol–water partition coefficient (Wildman–Crippen LogP) is 4.91. The molecule has 0 unspecified atom stereocenters. The predicted molar refractivity (Wildman–Crippen MR) is 75.0 cm³/mol. The molecule has 92 valence electrons. The molecule has 2 aromatic carbocycles. The molecule has 6 heteroatoms. The minimum Gasteiger partial charge on any atom is -0.456 e. The van der Waals surface area contributed by atoms with Crippen molar-refractivity contribution < 1.29 is 9.66 Å². The zero-order valence-corrected chi connectivity index (χ0v) is 12.1. The average molecular weight is 373 g/mol. The highest BCUT2D eigenvalue weighted by atomic mass is 79.9. The smallest absolute Gasteiger partial charge is 0.270 e. The minimum absolute atomic E-state index is 0.0185. The molecule has 0 aliphatic rings. The Morgan fingerprint density at radius 1 is 1.06 bits per heavy atom. The van der Waals surface area contributed by atoms with E-state index in [1.807, 2.05) is 12.1 Å². The van der Waals surface area contributed by atoms with Gasteiger partial charge in [0.05, 0.1) is 9.40 Å². The molecular weight excluding hydrogens is 366 g/mol. The number of nitro benzene ring substituents is 1. The number of nitro groups is 1. The van der Waals surface area contributed by atoms with Crippen LogP contribution in [0.3, 0.4) is 0 Å². The zero-order valence-electron chi connectivity index (χ0n) is 8.97. The number of hydrogen-bond donors (Lipinski definition) is 0. The first-order valence-electron chi connectivity index (χ1n) is 4.93. The second kappa shape index (κ2) is 5.49. The Hall–Kier alpha value is -1.40. The molecule has 0 spiro atoms. The van der Waals surface area contributed by atoms with Crippen molar-refractivity contribution in [3.8, 4) is 11.5 Å². The molecule has 0 saturated heterocycles. The summed E-state index contributed by atoms with van der Waals surface area (Å²) in [6.45, 7) is 0. The molecule has 4 nitrogen and oxygen atoms in total. The Kier molecular flexibility index (Phi) is 3.98. The van der Waals surface area contributed by atoms with E-state index in [0.29, 0.717) is 16.0 Å². The maximum absolute atomic E-state index is 10.6. The normalized spacial score (nSPS) is 10.1. The summed E-state index contributed by atoms with van der Waals surface area (Å²) in [5.74, 6) is 1.19. The van der Waals surface area contributed by atoms with Gasteiger partial charge in [-0.05, 0) is 46.3 Å².